The zero-order valence-electron chi connectivity index (χ0n) is 11.7. The third-order valence-electron chi connectivity index (χ3n) is 4.80. The van der Waals surface area contributed by atoms with Crippen LogP contribution < -0.4 is 5.73 Å². The van der Waals surface area contributed by atoms with Gasteiger partial charge in [0.05, 0.1) is 12.4 Å². The second-order valence-electron chi connectivity index (χ2n) is 5.95. The summed E-state index contributed by atoms with van der Waals surface area (Å²) in [7, 11) is 0. The van der Waals surface area contributed by atoms with Crippen molar-refractivity contribution in [1.29, 1.82) is 0 Å². The summed E-state index contributed by atoms with van der Waals surface area (Å²) >= 11 is 0. The summed E-state index contributed by atoms with van der Waals surface area (Å²) in [4.78, 5) is 12.1. The molecule has 1 aliphatic carbocycles. The first kappa shape index (κ1) is 13.8. The SMILES string of the molecule is Nc1ncnc2c1ncn2C1OC2[C@@H](CO)CCC2(O)C1O. The Labute approximate surface area is 125 Å². The molecule has 2 aromatic heterocycles. The van der Waals surface area contributed by atoms with E-state index < -0.39 is 24.0 Å². The fourth-order valence-corrected chi connectivity index (χ4v) is 3.60. The van der Waals surface area contributed by atoms with E-state index in [1.807, 2.05) is 0 Å². The first-order valence-electron chi connectivity index (χ1n) is 7.16. The molecule has 0 bridgehead atoms. The topological polar surface area (TPSA) is 140 Å². The van der Waals surface area contributed by atoms with Gasteiger partial charge in [-0.3, -0.25) is 4.57 Å². The highest BCUT2D eigenvalue weighted by Gasteiger charge is 2.61. The molecule has 1 aliphatic heterocycles. The molecule has 118 valence electrons. The zero-order valence-corrected chi connectivity index (χ0v) is 11.7. The molecular weight excluding hydrogens is 290 g/mol. The number of rotatable bonds is 2. The minimum Gasteiger partial charge on any atom is -0.396 e. The summed E-state index contributed by atoms with van der Waals surface area (Å²) in [5.41, 5.74) is 5.23. The van der Waals surface area contributed by atoms with Gasteiger partial charge in [0.2, 0.25) is 0 Å². The van der Waals surface area contributed by atoms with Gasteiger partial charge >= 0.3 is 0 Å². The van der Waals surface area contributed by atoms with E-state index >= 15 is 0 Å². The summed E-state index contributed by atoms with van der Waals surface area (Å²) < 4.78 is 7.40. The van der Waals surface area contributed by atoms with Gasteiger partial charge < -0.3 is 25.8 Å². The number of aromatic nitrogens is 4. The molecule has 0 aromatic carbocycles. The summed E-state index contributed by atoms with van der Waals surface area (Å²) in [5.74, 6) is 0.0440. The average Bonchev–Trinajstić information content (AvgIpc) is 3.13. The lowest BCUT2D eigenvalue weighted by Gasteiger charge is -2.25. The van der Waals surface area contributed by atoms with Crippen LogP contribution in [0.2, 0.25) is 0 Å². The molecule has 2 aliphatic rings. The molecule has 22 heavy (non-hydrogen) atoms. The van der Waals surface area contributed by atoms with Gasteiger partial charge in [0.15, 0.2) is 17.7 Å². The maximum atomic E-state index is 10.7. The Morgan fingerprint density at radius 2 is 2.23 bits per heavy atom. The number of aliphatic hydroxyl groups excluding tert-OH is 2. The van der Waals surface area contributed by atoms with E-state index in [0.29, 0.717) is 24.0 Å². The summed E-state index contributed by atoms with van der Waals surface area (Å²) in [6, 6.07) is 0. The van der Waals surface area contributed by atoms with Gasteiger partial charge in [-0.1, -0.05) is 0 Å². The molecule has 1 saturated carbocycles. The number of anilines is 1. The summed E-state index contributed by atoms with van der Waals surface area (Å²) in [5, 5.41) is 30.7. The van der Waals surface area contributed by atoms with Crippen LogP contribution in [0.1, 0.15) is 19.1 Å². The van der Waals surface area contributed by atoms with E-state index in [1.165, 1.54) is 12.7 Å². The first-order chi connectivity index (χ1) is 10.6. The van der Waals surface area contributed by atoms with Gasteiger partial charge in [-0.2, -0.15) is 0 Å². The second kappa shape index (κ2) is 4.59. The maximum absolute atomic E-state index is 10.7. The van der Waals surface area contributed by atoms with Gasteiger partial charge in [0, 0.05) is 12.5 Å². The van der Waals surface area contributed by atoms with Crippen molar-refractivity contribution >= 4 is 17.0 Å². The highest BCUT2D eigenvalue weighted by atomic mass is 16.6. The van der Waals surface area contributed by atoms with E-state index in [2.05, 4.69) is 15.0 Å². The molecule has 0 amide bonds. The van der Waals surface area contributed by atoms with Crippen LogP contribution in [-0.2, 0) is 4.74 Å². The third kappa shape index (κ3) is 1.64. The van der Waals surface area contributed by atoms with Crippen molar-refractivity contribution in [3.05, 3.63) is 12.7 Å². The number of nitrogen functional groups attached to an aromatic ring is 1. The van der Waals surface area contributed by atoms with Crippen molar-refractivity contribution in [1.82, 2.24) is 19.5 Å². The van der Waals surface area contributed by atoms with Crippen LogP contribution in [0.5, 0.6) is 0 Å². The molecule has 4 rings (SSSR count). The molecule has 9 nitrogen and oxygen atoms in total. The Balaban J connectivity index is 1.76. The van der Waals surface area contributed by atoms with Crippen molar-refractivity contribution in [3.63, 3.8) is 0 Å². The van der Waals surface area contributed by atoms with Crippen molar-refractivity contribution in [3.8, 4) is 0 Å². The second-order valence-corrected chi connectivity index (χ2v) is 5.95. The quantitative estimate of drug-likeness (QED) is 0.542. The molecule has 2 aromatic rings. The molecular formula is C13H17N5O4. The van der Waals surface area contributed by atoms with Crippen LogP contribution >= 0.6 is 0 Å². The number of ether oxygens (including phenoxy) is 1. The minimum atomic E-state index is -1.37. The fraction of sp³-hybridized carbons (Fsp3) is 0.615. The number of aliphatic hydroxyl groups is 3. The molecule has 3 heterocycles. The van der Waals surface area contributed by atoms with Gasteiger partial charge in [-0.05, 0) is 12.8 Å². The van der Waals surface area contributed by atoms with Gasteiger partial charge in [-0.25, -0.2) is 15.0 Å². The van der Waals surface area contributed by atoms with E-state index in [1.54, 1.807) is 4.57 Å². The van der Waals surface area contributed by atoms with E-state index in [0.717, 1.165) is 0 Å². The Morgan fingerprint density at radius 3 is 3.00 bits per heavy atom. The Morgan fingerprint density at radius 1 is 1.41 bits per heavy atom. The summed E-state index contributed by atoms with van der Waals surface area (Å²) in [6.07, 6.45) is 1.18. The first-order valence-corrected chi connectivity index (χ1v) is 7.16. The molecule has 1 saturated heterocycles. The monoisotopic (exact) mass is 307 g/mol. The smallest absolute Gasteiger partial charge is 0.167 e. The molecule has 5 N–H and O–H groups in total. The standard InChI is InChI=1S/C13H17N5O4/c14-10-7-11(16-4-15-10)18(5-17-7)12-8(20)13(21)2-1-6(3-19)9(13)22-12/h4-6,8-9,12,19-21H,1-3H2,(H2,14,15,16)/t6-,8?,9?,12?,13?/m1/s1. The minimum absolute atomic E-state index is 0.0911. The Hall–Kier alpha value is -1.81. The number of imidazole rings is 1. The van der Waals surface area contributed by atoms with Gasteiger partial charge in [-0.15, -0.1) is 0 Å². The lowest BCUT2D eigenvalue weighted by atomic mass is 9.93. The van der Waals surface area contributed by atoms with Crippen LogP contribution in [0.3, 0.4) is 0 Å². The molecule has 9 heteroatoms. The molecule has 2 fully saturated rings. The third-order valence-corrected chi connectivity index (χ3v) is 4.80. The average molecular weight is 307 g/mol. The Bertz CT molecular complexity index is 722. The molecule has 5 atom stereocenters. The number of fused-ring (bicyclic) bond motifs is 2. The van der Waals surface area contributed by atoms with Gasteiger partial charge in [0.1, 0.15) is 23.5 Å². The highest BCUT2D eigenvalue weighted by molar-refractivity contribution is 5.81. The van der Waals surface area contributed by atoms with Crippen LogP contribution in [0, 0.1) is 5.92 Å². The van der Waals surface area contributed by atoms with Gasteiger partial charge in [0.25, 0.3) is 0 Å². The highest BCUT2D eigenvalue weighted by Crippen LogP contribution is 2.49. The lowest BCUT2D eigenvalue weighted by molar-refractivity contribution is -0.0716. The number of hydrogen-bond acceptors (Lipinski definition) is 8. The van der Waals surface area contributed by atoms with E-state index in [-0.39, 0.29) is 18.3 Å². The normalized spacial score (nSPS) is 37.8. The van der Waals surface area contributed by atoms with E-state index in [9.17, 15) is 15.3 Å². The zero-order chi connectivity index (χ0) is 15.5. The molecule has 0 radical (unpaired) electrons. The Kier molecular flexibility index (Phi) is 2.89. The lowest BCUT2D eigenvalue weighted by Crippen LogP contribution is -2.45. The fourth-order valence-electron chi connectivity index (χ4n) is 3.60. The van der Waals surface area contributed by atoms with Crippen molar-refractivity contribution in [2.45, 2.75) is 36.9 Å². The van der Waals surface area contributed by atoms with Crippen molar-refractivity contribution < 1.29 is 20.1 Å². The van der Waals surface area contributed by atoms with E-state index in [4.69, 9.17) is 10.5 Å². The van der Waals surface area contributed by atoms with Crippen LogP contribution in [0.25, 0.3) is 11.2 Å². The number of nitrogens with zero attached hydrogens (tertiary/aromatic N) is 4. The maximum Gasteiger partial charge on any atom is 0.167 e. The molecule has 0 spiro atoms. The predicted octanol–water partition coefficient (Wildman–Crippen LogP) is -1.20. The van der Waals surface area contributed by atoms with Crippen molar-refractivity contribution in [2.24, 2.45) is 5.92 Å². The van der Waals surface area contributed by atoms with Crippen LogP contribution in [0.4, 0.5) is 5.82 Å². The number of nitrogens with two attached hydrogens (primary N) is 1. The largest absolute Gasteiger partial charge is 0.396 e. The van der Waals surface area contributed by atoms with Crippen LogP contribution in [-0.4, -0.2) is 59.3 Å². The summed E-state index contributed by atoms with van der Waals surface area (Å²) in [6.45, 7) is -0.0911. The van der Waals surface area contributed by atoms with Crippen molar-refractivity contribution in [2.75, 3.05) is 12.3 Å². The number of hydrogen-bond donors (Lipinski definition) is 4. The molecule has 4 unspecified atom stereocenters. The van der Waals surface area contributed by atoms with Crippen LogP contribution in [0.15, 0.2) is 12.7 Å². The predicted molar refractivity (Wildman–Crippen MR) is 74.4 cm³/mol.